The van der Waals surface area contributed by atoms with E-state index in [-0.39, 0.29) is 5.91 Å². The van der Waals surface area contributed by atoms with Gasteiger partial charge in [0.15, 0.2) is 5.96 Å². The molecule has 0 radical (unpaired) electrons. The topological polar surface area (TPSA) is 69.6 Å². The lowest BCUT2D eigenvalue weighted by Crippen LogP contribution is -2.38. The number of carbonyl (C=O) groups is 1. The molecule has 0 aliphatic rings. The summed E-state index contributed by atoms with van der Waals surface area (Å²) in [6.07, 6.45) is 3.05. The van der Waals surface area contributed by atoms with Crippen LogP contribution in [-0.2, 0) is 11.2 Å². The molecule has 0 atom stereocenters. The zero-order valence-electron chi connectivity index (χ0n) is 13.1. The molecule has 0 aromatic carbocycles. The molecule has 0 aliphatic heterocycles. The molecule has 0 unspecified atom stereocenters. The Balaban J connectivity index is 2.36. The van der Waals surface area contributed by atoms with E-state index >= 15 is 0 Å². The van der Waals surface area contributed by atoms with Crippen LogP contribution in [0.5, 0.6) is 0 Å². The van der Waals surface area contributed by atoms with Gasteiger partial charge in [0.2, 0.25) is 5.91 Å². The summed E-state index contributed by atoms with van der Waals surface area (Å²) in [7, 11) is 3.50. The Morgan fingerprint density at radius 1 is 1.33 bits per heavy atom. The third-order valence-electron chi connectivity index (χ3n) is 2.84. The summed E-state index contributed by atoms with van der Waals surface area (Å²) in [5.41, 5.74) is 1.05. The number of amides is 1. The average molecular weight is 291 g/mol. The van der Waals surface area contributed by atoms with Crippen LogP contribution in [0.1, 0.15) is 19.0 Å². The molecule has 21 heavy (non-hydrogen) atoms. The Labute approximate surface area is 126 Å². The molecule has 116 valence electrons. The van der Waals surface area contributed by atoms with Gasteiger partial charge >= 0.3 is 0 Å². The van der Waals surface area contributed by atoms with E-state index in [0.29, 0.717) is 13.0 Å². The van der Waals surface area contributed by atoms with Crippen molar-refractivity contribution in [3.63, 3.8) is 0 Å². The van der Waals surface area contributed by atoms with Crippen molar-refractivity contribution >= 4 is 11.9 Å². The molecule has 0 fully saturated rings. The standard InChI is InChI=1S/C15H25N5O/c1-4-16-15(19-12-9-14(21)20(2)3)18-11-8-13-7-5-6-10-17-13/h5-7,10H,4,8-9,11-12H2,1-3H3,(H2,16,18,19). The van der Waals surface area contributed by atoms with Crippen LogP contribution in [0.4, 0.5) is 0 Å². The fourth-order valence-electron chi connectivity index (χ4n) is 1.68. The molecular weight excluding hydrogens is 266 g/mol. The van der Waals surface area contributed by atoms with E-state index in [1.807, 2.05) is 25.1 Å². The summed E-state index contributed by atoms with van der Waals surface area (Å²) in [4.78, 5) is 21.7. The first kappa shape index (κ1) is 16.9. The van der Waals surface area contributed by atoms with Crippen molar-refractivity contribution in [2.75, 3.05) is 33.7 Å². The van der Waals surface area contributed by atoms with Crippen LogP contribution < -0.4 is 10.6 Å². The van der Waals surface area contributed by atoms with Crippen molar-refractivity contribution in [2.24, 2.45) is 4.99 Å². The number of carbonyl (C=O) groups excluding carboxylic acids is 1. The maximum absolute atomic E-state index is 11.5. The molecule has 0 aliphatic carbocycles. The van der Waals surface area contributed by atoms with Gasteiger partial charge in [-0.25, -0.2) is 0 Å². The summed E-state index contributed by atoms with van der Waals surface area (Å²) in [6.45, 7) is 4.04. The first-order valence-electron chi connectivity index (χ1n) is 7.25. The van der Waals surface area contributed by atoms with Crippen LogP contribution in [0.15, 0.2) is 29.4 Å². The molecule has 6 nitrogen and oxygen atoms in total. The predicted molar refractivity (Wildman–Crippen MR) is 85.2 cm³/mol. The molecule has 1 heterocycles. The monoisotopic (exact) mass is 291 g/mol. The predicted octanol–water partition coefficient (Wildman–Crippen LogP) is 0.658. The number of aromatic nitrogens is 1. The van der Waals surface area contributed by atoms with E-state index in [2.05, 4.69) is 20.6 Å². The van der Waals surface area contributed by atoms with E-state index in [9.17, 15) is 4.79 Å². The molecule has 0 saturated heterocycles. The van der Waals surface area contributed by atoms with Gasteiger partial charge in [-0.15, -0.1) is 0 Å². The van der Waals surface area contributed by atoms with Gasteiger partial charge < -0.3 is 15.5 Å². The molecule has 0 bridgehead atoms. The van der Waals surface area contributed by atoms with Crippen LogP contribution in [0.2, 0.25) is 0 Å². The SMILES string of the molecule is CCNC(=NCCC(=O)N(C)C)NCCc1ccccn1. The highest BCUT2D eigenvalue weighted by Gasteiger charge is 2.03. The second kappa shape index (κ2) is 9.74. The number of pyridine rings is 1. The van der Waals surface area contributed by atoms with Crippen LogP contribution in [0.3, 0.4) is 0 Å². The van der Waals surface area contributed by atoms with Crippen molar-refractivity contribution in [3.8, 4) is 0 Å². The number of guanidine groups is 1. The third-order valence-corrected chi connectivity index (χ3v) is 2.84. The number of hydrogen-bond acceptors (Lipinski definition) is 3. The highest BCUT2D eigenvalue weighted by atomic mass is 16.2. The molecule has 2 N–H and O–H groups in total. The highest BCUT2D eigenvalue weighted by Crippen LogP contribution is 1.93. The zero-order valence-corrected chi connectivity index (χ0v) is 13.1. The summed E-state index contributed by atoms with van der Waals surface area (Å²) >= 11 is 0. The zero-order chi connectivity index (χ0) is 15.5. The number of nitrogens with zero attached hydrogens (tertiary/aromatic N) is 3. The lowest BCUT2D eigenvalue weighted by atomic mass is 10.3. The molecule has 1 aromatic rings. The lowest BCUT2D eigenvalue weighted by Gasteiger charge is -2.12. The number of aliphatic imine (C=N–C) groups is 1. The van der Waals surface area contributed by atoms with E-state index in [0.717, 1.165) is 31.2 Å². The van der Waals surface area contributed by atoms with Gasteiger partial charge in [0.1, 0.15) is 0 Å². The van der Waals surface area contributed by atoms with Crippen molar-refractivity contribution in [1.29, 1.82) is 0 Å². The second-order valence-corrected chi connectivity index (χ2v) is 4.80. The highest BCUT2D eigenvalue weighted by molar-refractivity contribution is 5.80. The second-order valence-electron chi connectivity index (χ2n) is 4.80. The maximum Gasteiger partial charge on any atom is 0.223 e. The molecule has 1 rings (SSSR count). The number of rotatable bonds is 7. The van der Waals surface area contributed by atoms with Crippen LogP contribution in [0, 0.1) is 0 Å². The van der Waals surface area contributed by atoms with Crippen molar-refractivity contribution < 1.29 is 4.79 Å². The van der Waals surface area contributed by atoms with Gasteiger partial charge in [-0.05, 0) is 19.1 Å². The number of hydrogen-bond donors (Lipinski definition) is 2. The van der Waals surface area contributed by atoms with Crippen molar-refractivity contribution in [1.82, 2.24) is 20.5 Å². The van der Waals surface area contributed by atoms with E-state index < -0.39 is 0 Å². The fraction of sp³-hybridized carbons (Fsp3) is 0.533. The number of nitrogens with one attached hydrogen (secondary N) is 2. The molecule has 0 spiro atoms. The maximum atomic E-state index is 11.5. The molecule has 1 aromatic heterocycles. The Bertz CT molecular complexity index is 445. The van der Waals surface area contributed by atoms with E-state index in [1.54, 1.807) is 25.2 Å². The minimum absolute atomic E-state index is 0.0862. The third kappa shape index (κ3) is 7.29. The van der Waals surface area contributed by atoms with E-state index in [1.165, 1.54) is 0 Å². The van der Waals surface area contributed by atoms with Gasteiger partial charge in [-0.2, -0.15) is 0 Å². The summed E-state index contributed by atoms with van der Waals surface area (Å²) in [6, 6.07) is 5.89. The smallest absolute Gasteiger partial charge is 0.223 e. The molecular formula is C15H25N5O. The summed E-state index contributed by atoms with van der Waals surface area (Å²) in [5.74, 6) is 0.822. The van der Waals surface area contributed by atoms with Gasteiger partial charge in [-0.3, -0.25) is 14.8 Å². The Kier molecular flexibility index (Phi) is 7.86. The minimum atomic E-state index is 0.0862. The van der Waals surface area contributed by atoms with Crippen LogP contribution in [0.25, 0.3) is 0 Å². The van der Waals surface area contributed by atoms with Crippen LogP contribution >= 0.6 is 0 Å². The summed E-state index contributed by atoms with van der Waals surface area (Å²) < 4.78 is 0. The van der Waals surface area contributed by atoms with Gasteiger partial charge in [0.05, 0.1) is 6.54 Å². The largest absolute Gasteiger partial charge is 0.357 e. The molecule has 0 saturated carbocycles. The Morgan fingerprint density at radius 2 is 2.14 bits per heavy atom. The summed E-state index contributed by atoms with van der Waals surface area (Å²) in [5, 5.41) is 6.41. The quantitative estimate of drug-likeness (QED) is 0.572. The normalized spacial score (nSPS) is 11.1. The van der Waals surface area contributed by atoms with Gasteiger partial charge in [0, 0.05) is 51.9 Å². The Morgan fingerprint density at radius 3 is 2.76 bits per heavy atom. The average Bonchev–Trinajstić information content (AvgIpc) is 2.48. The lowest BCUT2D eigenvalue weighted by molar-refractivity contribution is -0.128. The van der Waals surface area contributed by atoms with Crippen molar-refractivity contribution in [2.45, 2.75) is 19.8 Å². The van der Waals surface area contributed by atoms with Gasteiger partial charge in [-0.1, -0.05) is 6.07 Å². The first-order chi connectivity index (χ1) is 10.1. The first-order valence-corrected chi connectivity index (χ1v) is 7.25. The van der Waals surface area contributed by atoms with Crippen LogP contribution in [-0.4, -0.2) is 55.5 Å². The van der Waals surface area contributed by atoms with Gasteiger partial charge in [0.25, 0.3) is 0 Å². The van der Waals surface area contributed by atoms with Crippen molar-refractivity contribution in [3.05, 3.63) is 30.1 Å². The Hall–Kier alpha value is -2.11. The molecule has 1 amide bonds. The fourth-order valence-corrected chi connectivity index (χ4v) is 1.68. The molecule has 6 heteroatoms. The van der Waals surface area contributed by atoms with E-state index in [4.69, 9.17) is 0 Å². The minimum Gasteiger partial charge on any atom is -0.357 e.